The number of carbonyl (C=O) groups excluding carboxylic acids is 11. The number of carboxylic acids is 5. The van der Waals surface area contributed by atoms with Gasteiger partial charge in [-0.15, -0.1) is 0 Å². The normalized spacial score (nSPS) is 17.9. The quantitative estimate of drug-likeness (QED) is 0.0412. The van der Waals surface area contributed by atoms with Crippen molar-refractivity contribution in [2.24, 2.45) is 17.6 Å². The first-order valence-electron chi connectivity index (χ1n) is 33.7. The molecule has 0 unspecified atom stereocenters. The maximum atomic E-state index is 14.8. The molecule has 0 radical (unpaired) electrons. The largest absolute Gasteiger partial charge is 0.508 e. The van der Waals surface area contributed by atoms with Crippen molar-refractivity contribution in [2.75, 3.05) is 13.1 Å². The summed E-state index contributed by atoms with van der Waals surface area (Å²) in [5.74, 6) is -18.1. The number of primary amides is 1. The zero-order valence-electron chi connectivity index (χ0n) is 56.0. The maximum Gasteiger partial charge on any atom is 0.326 e. The number of carboxylic acid groups (broad SMARTS) is 5. The summed E-state index contributed by atoms with van der Waals surface area (Å²) in [4.78, 5) is 216. The van der Waals surface area contributed by atoms with Gasteiger partial charge in [0.05, 0.1) is 6.42 Å². The van der Waals surface area contributed by atoms with Gasteiger partial charge in [-0.25, -0.2) is 4.79 Å². The zero-order valence-corrected chi connectivity index (χ0v) is 56.0. The van der Waals surface area contributed by atoms with Gasteiger partial charge in [0.2, 0.25) is 65.0 Å². The van der Waals surface area contributed by atoms with Crippen LogP contribution in [0.4, 0.5) is 0 Å². The number of phenols is 1. The Kier molecular flexibility index (Phi) is 32.2. The van der Waals surface area contributed by atoms with Crippen LogP contribution in [-0.4, -0.2) is 209 Å². The molecule has 3 fully saturated rings. The molecule has 3 aliphatic rings. The third kappa shape index (κ3) is 26.2. The van der Waals surface area contributed by atoms with Crippen LogP contribution in [0.5, 0.6) is 5.75 Å². The number of rotatable bonds is 41. The predicted molar refractivity (Wildman–Crippen MR) is 351 cm³/mol. The number of nitrogens with one attached hydrogen (secondary N) is 8. The fourth-order valence-electron chi connectivity index (χ4n) is 12.3. The van der Waals surface area contributed by atoms with Crippen LogP contribution in [0.25, 0.3) is 0 Å². The van der Waals surface area contributed by atoms with Gasteiger partial charge >= 0.3 is 29.8 Å². The lowest BCUT2D eigenvalue weighted by Gasteiger charge is -2.34. The summed E-state index contributed by atoms with van der Waals surface area (Å²) in [6, 6.07) is -1.37. The van der Waals surface area contributed by atoms with Crippen molar-refractivity contribution >= 4 is 94.8 Å². The van der Waals surface area contributed by atoms with Gasteiger partial charge in [0, 0.05) is 58.0 Å². The van der Waals surface area contributed by atoms with Crippen LogP contribution >= 0.6 is 0 Å². The van der Waals surface area contributed by atoms with Gasteiger partial charge in [-0.2, -0.15) is 0 Å². The van der Waals surface area contributed by atoms with Crippen LogP contribution in [-0.2, 0) is 89.6 Å². The molecule has 2 aliphatic heterocycles. The van der Waals surface area contributed by atoms with Gasteiger partial charge in [-0.3, -0.25) is 71.9 Å². The highest BCUT2D eigenvalue weighted by Crippen LogP contribution is 2.29. The molecule has 2 heterocycles. The number of phenolic OH excluding ortho intramolecular Hbond substituents is 1. The number of likely N-dealkylation sites (tertiary alicyclic amines) is 2. The van der Waals surface area contributed by atoms with E-state index in [2.05, 4.69) is 42.5 Å². The minimum absolute atomic E-state index is 0.00861. The van der Waals surface area contributed by atoms with Crippen LogP contribution in [0.15, 0.2) is 54.6 Å². The highest BCUT2D eigenvalue weighted by molar-refractivity contribution is 6.00. The molecule has 2 aromatic rings. The fraction of sp³-hybridized carbons (Fsp3) is 0.582. The molecule has 16 N–H and O–H groups in total. The molecule has 548 valence electrons. The lowest BCUT2D eigenvalue weighted by atomic mass is 9.84. The minimum Gasteiger partial charge on any atom is -0.508 e. The van der Waals surface area contributed by atoms with Crippen molar-refractivity contribution < 1.29 is 107 Å². The smallest absolute Gasteiger partial charge is 0.326 e. The van der Waals surface area contributed by atoms with Crippen molar-refractivity contribution in [3.63, 3.8) is 0 Å². The zero-order chi connectivity index (χ0) is 73.8. The first-order chi connectivity index (χ1) is 47.4. The van der Waals surface area contributed by atoms with Gasteiger partial charge in [-0.05, 0) is 92.9 Å². The summed E-state index contributed by atoms with van der Waals surface area (Å²) in [6.45, 7) is 3.26. The number of aromatic hydroxyl groups is 1. The molecule has 2 saturated heterocycles. The Morgan fingerprint density at radius 1 is 0.450 bits per heavy atom. The Balaban J connectivity index is 1.36. The Hall–Kier alpha value is -10.2. The van der Waals surface area contributed by atoms with E-state index in [4.69, 9.17) is 10.8 Å². The average molecular weight is 1400 g/mol. The van der Waals surface area contributed by atoms with E-state index in [1.165, 1.54) is 29.2 Å². The second-order valence-corrected chi connectivity index (χ2v) is 25.6. The van der Waals surface area contributed by atoms with E-state index in [1.54, 1.807) is 44.2 Å². The van der Waals surface area contributed by atoms with Crippen LogP contribution in [0.1, 0.15) is 160 Å². The van der Waals surface area contributed by atoms with E-state index >= 15 is 0 Å². The number of nitrogens with two attached hydrogens (primary N) is 1. The van der Waals surface area contributed by atoms with Gasteiger partial charge in [0.25, 0.3) is 0 Å². The molecule has 0 aromatic heterocycles. The first-order valence-corrected chi connectivity index (χ1v) is 33.7. The standard InChI is InChI=1S/C67H93N11O22/c1-3-37(2)57(76-64(96)50-17-10-32-77(50)65(97)44(25-30-55(86)87)72-60(92)46(34-38-12-6-4-7-13-38)69-52(81)27-31-56(88)89)66(98)78-33-11-16-49(78)63(95)71-43(24-29-54(84)85)58(90)70-42(23-28-53(82)83)59(91)74-48(36-40-18-20-41(79)21-19-40)62(94)75-47(35-39-14-8-5-9-15-39)61(93)73-45(67(99)100)22-26-51(68)80/h4,6-7,12-13,18-21,37,39,42-50,57,79H,3,5,8-11,14-17,22-36H2,1-2H3,(H2,68,80)(H,69,81)(H,70,90)(H,71,95)(H,72,92)(H,73,93)(H,74,91)(H,75,94)(H,76,96)(H,82,83)(H,84,85)(H,86,87)(H,88,89)(H,99,100)/t37-,42-,43-,44-,45-,46-,47-,48-,49-,50-,57-/m0/s1. The monoisotopic (exact) mass is 1400 g/mol. The van der Waals surface area contributed by atoms with E-state index in [0.29, 0.717) is 24.0 Å². The molecule has 0 spiro atoms. The number of hydrogen-bond donors (Lipinski definition) is 15. The second kappa shape index (κ2) is 40.0. The van der Waals surface area contributed by atoms with Crippen molar-refractivity contribution in [3.05, 3.63) is 65.7 Å². The van der Waals surface area contributed by atoms with Crippen molar-refractivity contribution in [1.82, 2.24) is 52.3 Å². The summed E-state index contributed by atoms with van der Waals surface area (Å²) in [5, 5.41) is 78.6. The molecule has 11 atom stereocenters. The Morgan fingerprint density at radius 2 is 0.880 bits per heavy atom. The molecule has 1 saturated carbocycles. The molecule has 100 heavy (non-hydrogen) atoms. The van der Waals surface area contributed by atoms with E-state index in [-0.39, 0.29) is 82.5 Å². The lowest BCUT2D eigenvalue weighted by molar-refractivity contribution is -0.146. The number of hydrogen-bond acceptors (Lipinski definition) is 17. The average Bonchev–Trinajstić information content (AvgIpc) is 1.60. The molecule has 2 aromatic carbocycles. The third-order valence-electron chi connectivity index (χ3n) is 18.0. The molecule has 5 rings (SSSR count). The summed E-state index contributed by atoms with van der Waals surface area (Å²) in [7, 11) is 0. The van der Waals surface area contributed by atoms with Crippen molar-refractivity contribution in [3.8, 4) is 5.75 Å². The number of amides is 11. The summed E-state index contributed by atoms with van der Waals surface area (Å²) < 4.78 is 0. The topological polar surface area (TPSA) is 523 Å². The number of carbonyl (C=O) groups is 16. The van der Waals surface area contributed by atoms with E-state index in [1.807, 2.05) is 0 Å². The fourth-order valence-corrected chi connectivity index (χ4v) is 12.3. The minimum atomic E-state index is -1.83. The SMILES string of the molecule is CC[C@H](C)[C@H](NC(=O)[C@@H]1CCCN1C(=O)[C@H](CCC(=O)O)NC(=O)[C@H](Cc1ccccc1)NC(=O)CCC(=O)O)C(=O)N1CCC[C@H]1C(=O)N[C@@H](CCC(=O)O)C(=O)N[C@@H](CCC(=O)O)C(=O)N[C@@H](Cc1ccc(O)cc1)C(=O)N[C@@H](CC1CCCCC1)C(=O)N[C@@H](CCC(N)=O)C(=O)O. The Labute approximate surface area is 576 Å². The highest BCUT2D eigenvalue weighted by Gasteiger charge is 2.44. The van der Waals surface area contributed by atoms with Gasteiger partial charge in [0.15, 0.2) is 0 Å². The molecule has 33 nitrogen and oxygen atoms in total. The Bertz CT molecular complexity index is 3260. The molecular formula is C67H93N11O22. The highest BCUT2D eigenvalue weighted by atomic mass is 16.4. The van der Waals surface area contributed by atoms with E-state index < -0.39 is 219 Å². The third-order valence-corrected chi connectivity index (χ3v) is 18.0. The molecular weight excluding hydrogens is 1310 g/mol. The van der Waals surface area contributed by atoms with Crippen molar-refractivity contribution in [1.29, 1.82) is 0 Å². The van der Waals surface area contributed by atoms with Crippen LogP contribution in [0, 0.1) is 11.8 Å². The molecule has 33 heteroatoms. The number of nitrogens with zero attached hydrogens (tertiary/aromatic N) is 2. The second-order valence-electron chi connectivity index (χ2n) is 25.6. The first kappa shape index (κ1) is 80.4. The van der Waals surface area contributed by atoms with Crippen LogP contribution in [0.3, 0.4) is 0 Å². The van der Waals surface area contributed by atoms with Crippen LogP contribution < -0.4 is 48.3 Å². The van der Waals surface area contributed by atoms with Crippen LogP contribution in [0.2, 0.25) is 0 Å². The van der Waals surface area contributed by atoms with Gasteiger partial charge < -0.3 is 88.7 Å². The van der Waals surface area contributed by atoms with E-state index in [0.717, 1.165) is 24.2 Å². The van der Waals surface area contributed by atoms with Crippen molar-refractivity contribution in [2.45, 2.75) is 222 Å². The summed E-state index contributed by atoms with van der Waals surface area (Å²) in [6.07, 6.45) is -1.45. The molecule has 1 aliphatic carbocycles. The number of benzene rings is 2. The number of aliphatic carboxylic acids is 5. The lowest BCUT2D eigenvalue weighted by Crippen LogP contribution is -2.61. The Morgan fingerprint density at radius 3 is 1.40 bits per heavy atom. The van der Waals surface area contributed by atoms with Gasteiger partial charge in [-0.1, -0.05) is 94.8 Å². The predicted octanol–water partition coefficient (Wildman–Crippen LogP) is -0.136. The van der Waals surface area contributed by atoms with Gasteiger partial charge in [0.1, 0.15) is 66.2 Å². The molecule has 11 amide bonds. The maximum absolute atomic E-state index is 14.8. The summed E-state index contributed by atoms with van der Waals surface area (Å²) >= 11 is 0. The molecule has 0 bridgehead atoms. The summed E-state index contributed by atoms with van der Waals surface area (Å²) in [5.41, 5.74) is 6.17. The van der Waals surface area contributed by atoms with E-state index in [9.17, 15) is 102 Å².